The van der Waals surface area contributed by atoms with E-state index in [0.29, 0.717) is 17.6 Å². The van der Waals surface area contributed by atoms with Crippen molar-refractivity contribution >= 4 is 22.6 Å². The summed E-state index contributed by atoms with van der Waals surface area (Å²) in [7, 11) is 0. The number of hydrogen-bond donors (Lipinski definition) is 0. The van der Waals surface area contributed by atoms with Gasteiger partial charge in [0.1, 0.15) is 11.3 Å². The Labute approximate surface area is 85.9 Å². The van der Waals surface area contributed by atoms with Crippen LogP contribution in [0, 0.1) is 0 Å². The van der Waals surface area contributed by atoms with Crippen molar-refractivity contribution in [3.8, 4) is 5.75 Å². The number of aromatic nitrogens is 3. The van der Waals surface area contributed by atoms with Gasteiger partial charge in [0.2, 0.25) is 5.28 Å². The first-order valence-electron chi connectivity index (χ1n) is 4.22. The fraction of sp³-hybridized carbons (Fsp3) is 0.222. The molecular formula is C9H8ClN3O. The zero-order valence-corrected chi connectivity index (χ0v) is 8.32. The Balaban J connectivity index is 2.52. The molecule has 0 radical (unpaired) electrons. The van der Waals surface area contributed by atoms with Crippen LogP contribution in [-0.4, -0.2) is 21.8 Å². The van der Waals surface area contributed by atoms with E-state index in [4.69, 9.17) is 16.3 Å². The average molecular weight is 210 g/mol. The Hall–Kier alpha value is -1.42. The van der Waals surface area contributed by atoms with Gasteiger partial charge in [0.15, 0.2) is 0 Å². The van der Waals surface area contributed by atoms with Crippen LogP contribution in [0.1, 0.15) is 6.92 Å². The molecule has 1 aromatic carbocycles. The topological polar surface area (TPSA) is 47.9 Å². The smallest absolute Gasteiger partial charge is 0.243 e. The zero-order chi connectivity index (χ0) is 9.97. The van der Waals surface area contributed by atoms with Crippen LogP contribution in [0.15, 0.2) is 18.2 Å². The summed E-state index contributed by atoms with van der Waals surface area (Å²) in [6.45, 7) is 2.55. The maximum atomic E-state index is 5.62. The molecule has 2 aromatic rings. The molecule has 0 aliphatic heterocycles. The van der Waals surface area contributed by atoms with Gasteiger partial charge in [0.05, 0.1) is 12.1 Å². The Morgan fingerprint density at radius 2 is 2.14 bits per heavy atom. The van der Waals surface area contributed by atoms with Crippen LogP contribution in [0.2, 0.25) is 5.28 Å². The van der Waals surface area contributed by atoms with Gasteiger partial charge in [-0.05, 0) is 30.7 Å². The van der Waals surface area contributed by atoms with Gasteiger partial charge in [-0.3, -0.25) is 0 Å². The lowest BCUT2D eigenvalue weighted by molar-refractivity contribution is 0.340. The first kappa shape index (κ1) is 9.15. The van der Waals surface area contributed by atoms with Crippen molar-refractivity contribution in [3.63, 3.8) is 0 Å². The summed E-state index contributed by atoms with van der Waals surface area (Å²) in [4.78, 5) is 4.03. The minimum atomic E-state index is 0.145. The van der Waals surface area contributed by atoms with Crippen LogP contribution < -0.4 is 4.74 Å². The Morgan fingerprint density at radius 1 is 1.29 bits per heavy atom. The first-order valence-corrected chi connectivity index (χ1v) is 4.60. The lowest BCUT2D eigenvalue weighted by Gasteiger charge is -2.02. The van der Waals surface area contributed by atoms with E-state index >= 15 is 0 Å². The van der Waals surface area contributed by atoms with Gasteiger partial charge in [-0.25, -0.2) is 4.98 Å². The SMILES string of the molecule is CCOc1ccc2nnc(Cl)nc2c1. The third kappa shape index (κ3) is 1.75. The van der Waals surface area contributed by atoms with Crippen molar-refractivity contribution in [1.29, 1.82) is 0 Å². The maximum Gasteiger partial charge on any atom is 0.243 e. The van der Waals surface area contributed by atoms with E-state index < -0.39 is 0 Å². The Kier molecular flexibility index (Phi) is 2.45. The molecule has 0 N–H and O–H groups in total. The molecule has 4 nitrogen and oxygen atoms in total. The molecule has 0 aliphatic carbocycles. The number of nitrogens with zero attached hydrogens (tertiary/aromatic N) is 3. The molecule has 0 amide bonds. The fourth-order valence-corrected chi connectivity index (χ4v) is 1.28. The predicted octanol–water partition coefficient (Wildman–Crippen LogP) is 2.08. The van der Waals surface area contributed by atoms with Gasteiger partial charge in [-0.2, -0.15) is 0 Å². The maximum absolute atomic E-state index is 5.62. The van der Waals surface area contributed by atoms with Crippen molar-refractivity contribution in [2.24, 2.45) is 0 Å². The monoisotopic (exact) mass is 209 g/mol. The van der Waals surface area contributed by atoms with E-state index in [0.717, 1.165) is 5.75 Å². The number of benzene rings is 1. The lowest BCUT2D eigenvalue weighted by atomic mass is 10.3. The van der Waals surface area contributed by atoms with Gasteiger partial charge in [0.25, 0.3) is 0 Å². The Morgan fingerprint density at radius 3 is 2.93 bits per heavy atom. The van der Waals surface area contributed by atoms with E-state index in [-0.39, 0.29) is 5.28 Å². The standard InChI is InChI=1S/C9H8ClN3O/c1-2-14-6-3-4-7-8(5-6)11-9(10)13-12-7/h3-5H,2H2,1H3. The van der Waals surface area contributed by atoms with Gasteiger partial charge in [0, 0.05) is 6.07 Å². The van der Waals surface area contributed by atoms with Crippen LogP contribution in [0.25, 0.3) is 11.0 Å². The second kappa shape index (κ2) is 3.75. The molecule has 2 rings (SSSR count). The van der Waals surface area contributed by atoms with Gasteiger partial charge >= 0.3 is 0 Å². The van der Waals surface area contributed by atoms with Gasteiger partial charge in [-0.15, -0.1) is 10.2 Å². The minimum Gasteiger partial charge on any atom is -0.494 e. The molecule has 72 valence electrons. The van der Waals surface area contributed by atoms with E-state index in [1.165, 1.54) is 0 Å². The highest BCUT2D eigenvalue weighted by molar-refractivity contribution is 6.28. The molecular weight excluding hydrogens is 202 g/mol. The van der Waals surface area contributed by atoms with Crippen molar-refractivity contribution in [2.45, 2.75) is 6.92 Å². The van der Waals surface area contributed by atoms with Crippen molar-refractivity contribution < 1.29 is 4.74 Å². The van der Waals surface area contributed by atoms with Gasteiger partial charge in [-0.1, -0.05) is 0 Å². The van der Waals surface area contributed by atoms with Crippen LogP contribution in [0.4, 0.5) is 0 Å². The fourth-order valence-electron chi connectivity index (χ4n) is 1.15. The molecule has 1 heterocycles. The molecule has 0 spiro atoms. The Bertz CT molecular complexity index is 461. The molecule has 1 aromatic heterocycles. The summed E-state index contributed by atoms with van der Waals surface area (Å²) in [6.07, 6.45) is 0. The summed E-state index contributed by atoms with van der Waals surface area (Å²) < 4.78 is 5.32. The predicted molar refractivity (Wildman–Crippen MR) is 53.5 cm³/mol. The van der Waals surface area contributed by atoms with E-state index in [1.54, 1.807) is 12.1 Å². The molecule has 0 saturated heterocycles. The van der Waals surface area contributed by atoms with Crippen LogP contribution >= 0.6 is 11.6 Å². The molecule has 0 atom stereocenters. The third-order valence-electron chi connectivity index (χ3n) is 1.71. The number of halogens is 1. The van der Waals surface area contributed by atoms with E-state index in [2.05, 4.69) is 15.2 Å². The number of hydrogen-bond acceptors (Lipinski definition) is 4. The van der Waals surface area contributed by atoms with Crippen molar-refractivity contribution in [2.75, 3.05) is 6.61 Å². The molecule has 14 heavy (non-hydrogen) atoms. The summed E-state index contributed by atoms with van der Waals surface area (Å²) in [5.41, 5.74) is 1.40. The number of rotatable bonds is 2. The highest BCUT2D eigenvalue weighted by atomic mass is 35.5. The van der Waals surface area contributed by atoms with E-state index in [9.17, 15) is 0 Å². The van der Waals surface area contributed by atoms with Crippen LogP contribution in [0.3, 0.4) is 0 Å². The van der Waals surface area contributed by atoms with Crippen LogP contribution in [-0.2, 0) is 0 Å². The van der Waals surface area contributed by atoms with Crippen molar-refractivity contribution in [1.82, 2.24) is 15.2 Å². The molecule has 0 unspecified atom stereocenters. The largest absolute Gasteiger partial charge is 0.494 e. The summed E-state index contributed by atoms with van der Waals surface area (Å²) in [6, 6.07) is 5.42. The normalized spacial score (nSPS) is 10.4. The number of fused-ring (bicyclic) bond motifs is 1. The summed E-state index contributed by atoms with van der Waals surface area (Å²) in [5, 5.41) is 7.67. The summed E-state index contributed by atoms with van der Waals surface area (Å²) in [5.74, 6) is 0.761. The minimum absolute atomic E-state index is 0.145. The second-order valence-electron chi connectivity index (χ2n) is 2.66. The molecule has 0 fully saturated rings. The average Bonchev–Trinajstić information content (AvgIpc) is 2.17. The molecule has 0 saturated carbocycles. The highest BCUT2D eigenvalue weighted by Crippen LogP contribution is 2.17. The molecule has 0 bridgehead atoms. The summed E-state index contributed by atoms with van der Waals surface area (Å²) >= 11 is 5.62. The van der Waals surface area contributed by atoms with Gasteiger partial charge < -0.3 is 4.74 Å². The molecule has 5 heteroatoms. The first-order chi connectivity index (χ1) is 6.79. The quantitative estimate of drug-likeness (QED) is 0.760. The third-order valence-corrected chi connectivity index (χ3v) is 1.87. The highest BCUT2D eigenvalue weighted by Gasteiger charge is 2.01. The second-order valence-corrected chi connectivity index (χ2v) is 3.00. The zero-order valence-electron chi connectivity index (χ0n) is 7.57. The van der Waals surface area contributed by atoms with E-state index in [1.807, 2.05) is 13.0 Å². The van der Waals surface area contributed by atoms with Crippen LogP contribution in [0.5, 0.6) is 5.75 Å². The number of ether oxygens (including phenoxy) is 1. The lowest BCUT2D eigenvalue weighted by Crippen LogP contribution is -1.93. The molecule has 0 aliphatic rings. The van der Waals surface area contributed by atoms with Crippen molar-refractivity contribution in [3.05, 3.63) is 23.5 Å².